The van der Waals surface area contributed by atoms with Gasteiger partial charge in [0, 0.05) is 11.6 Å². The van der Waals surface area contributed by atoms with Crippen molar-refractivity contribution in [1.29, 1.82) is 0 Å². The molecule has 1 aliphatic rings. The monoisotopic (exact) mass is 728 g/mol. The largest absolute Gasteiger partial charge is 0.321 e. The zero-order valence-electron chi connectivity index (χ0n) is 25.8. The molecular weight excluding hydrogens is 703 g/mol. The smallest absolute Gasteiger partial charge is 0.266 e. The molecule has 50 heavy (non-hydrogen) atoms. The molecule has 2 aromatic heterocycles. The zero-order chi connectivity index (χ0) is 35.5. The van der Waals surface area contributed by atoms with E-state index in [4.69, 9.17) is 22.3 Å². The van der Waals surface area contributed by atoms with E-state index in [-0.39, 0.29) is 61.7 Å². The number of hydrogen-bond acceptors (Lipinski definition) is 6. The van der Waals surface area contributed by atoms with Crippen LogP contribution in [-0.2, 0) is 23.0 Å². The zero-order valence-corrected chi connectivity index (χ0v) is 27.3. The van der Waals surface area contributed by atoms with E-state index in [0.717, 1.165) is 21.4 Å². The minimum Gasteiger partial charge on any atom is -0.321 e. The molecule has 0 amide bonds. The van der Waals surface area contributed by atoms with Gasteiger partial charge in [0.2, 0.25) is 10.0 Å². The second-order valence-corrected chi connectivity index (χ2v) is 14.3. The SMILES string of the molecule is NC(Cc1cc(F)cc(F)c1)c1nc2cc(-c3ccccc3F)ccc2c(=O)n1-c1ccc(Cl)c2c(NS(=O)(=O)C3CC3)nn(CC(F)F)c12. The lowest BCUT2D eigenvalue weighted by Gasteiger charge is -2.20. The molecule has 0 spiro atoms. The number of benzene rings is 4. The number of rotatable bonds is 10. The molecule has 2 heterocycles. The normalized spacial score (nSPS) is 14.2. The third-order valence-corrected chi connectivity index (χ3v) is 10.5. The van der Waals surface area contributed by atoms with Gasteiger partial charge >= 0.3 is 0 Å². The highest BCUT2D eigenvalue weighted by Crippen LogP contribution is 2.38. The summed E-state index contributed by atoms with van der Waals surface area (Å²) in [6, 6.07) is 14.7. The molecule has 258 valence electrons. The Morgan fingerprint density at radius 3 is 2.38 bits per heavy atom. The Labute approximate surface area is 286 Å². The summed E-state index contributed by atoms with van der Waals surface area (Å²) in [6.45, 7) is -0.999. The van der Waals surface area contributed by atoms with Crippen molar-refractivity contribution >= 4 is 49.2 Å². The lowest BCUT2D eigenvalue weighted by molar-refractivity contribution is 0.123. The van der Waals surface area contributed by atoms with Crippen LogP contribution in [0.25, 0.3) is 38.6 Å². The molecule has 0 bridgehead atoms. The standard InChI is InChI=1S/C34H26ClF5N6O3S/c35-24-9-10-28(31-30(24)32(43-45(31)16-29(39)40)44-50(48,49)21-6-7-21)46-33(26(41)13-17-11-19(36)15-20(37)12-17)42-27-14-18(5-8-23(27)34(46)47)22-3-1-2-4-25(22)38/h1-5,8-12,14-15,21,26,29H,6-7,13,16,41H2,(H,43,44). The van der Waals surface area contributed by atoms with E-state index in [1.165, 1.54) is 42.5 Å². The molecule has 1 aliphatic carbocycles. The van der Waals surface area contributed by atoms with Crippen LogP contribution in [0.2, 0.25) is 5.02 Å². The second-order valence-electron chi connectivity index (χ2n) is 12.0. The van der Waals surface area contributed by atoms with Gasteiger partial charge in [0.05, 0.1) is 43.8 Å². The predicted molar refractivity (Wildman–Crippen MR) is 180 cm³/mol. The molecule has 1 unspecified atom stereocenters. The average Bonchev–Trinajstić information content (AvgIpc) is 3.85. The number of fused-ring (bicyclic) bond motifs is 2. The Bertz CT molecular complexity index is 2470. The van der Waals surface area contributed by atoms with Crippen LogP contribution < -0.4 is 16.0 Å². The van der Waals surface area contributed by atoms with Gasteiger partial charge in [-0.3, -0.25) is 18.8 Å². The van der Waals surface area contributed by atoms with Gasteiger partial charge in [-0.05, 0) is 72.9 Å². The van der Waals surface area contributed by atoms with Crippen molar-refractivity contribution in [2.75, 3.05) is 4.72 Å². The van der Waals surface area contributed by atoms with Crippen LogP contribution in [0.1, 0.15) is 30.3 Å². The summed E-state index contributed by atoms with van der Waals surface area (Å²) in [7, 11) is -3.93. The first-order valence-corrected chi connectivity index (χ1v) is 17.2. The Hall–Kier alpha value is -4.86. The lowest BCUT2D eigenvalue weighted by Crippen LogP contribution is -2.30. The van der Waals surface area contributed by atoms with Crippen molar-refractivity contribution in [1.82, 2.24) is 19.3 Å². The van der Waals surface area contributed by atoms with E-state index in [1.807, 2.05) is 0 Å². The molecule has 0 saturated heterocycles. The molecule has 0 aliphatic heterocycles. The highest BCUT2D eigenvalue weighted by Gasteiger charge is 2.37. The van der Waals surface area contributed by atoms with Crippen LogP contribution in [0.15, 0.2) is 77.6 Å². The minimum absolute atomic E-state index is 0.0375. The molecular formula is C34H26ClF5N6O3S. The maximum Gasteiger partial charge on any atom is 0.266 e. The molecule has 1 saturated carbocycles. The highest BCUT2D eigenvalue weighted by atomic mass is 35.5. The first-order valence-electron chi connectivity index (χ1n) is 15.3. The van der Waals surface area contributed by atoms with Crippen molar-refractivity contribution < 1.29 is 30.4 Å². The molecule has 9 nitrogen and oxygen atoms in total. The van der Waals surface area contributed by atoms with E-state index in [0.29, 0.717) is 24.5 Å². The molecule has 1 atom stereocenters. The Balaban J connectivity index is 1.50. The fraction of sp³-hybridized carbons (Fsp3) is 0.206. The maximum atomic E-state index is 14.7. The number of sulfonamides is 1. The van der Waals surface area contributed by atoms with Crippen molar-refractivity contribution in [3.8, 4) is 16.8 Å². The Morgan fingerprint density at radius 1 is 0.980 bits per heavy atom. The highest BCUT2D eigenvalue weighted by molar-refractivity contribution is 7.93. The Kier molecular flexibility index (Phi) is 8.60. The van der Waals surface area contributed by atoms with Crippen LogP contribution in [0.3, 0.4) is 0 Å². The summed E-state index contributed by atoms with van der Waals surface area (Å²) >= 11 is 6.55. The minimum atomic E-state index is -3.93. The fourth-order valence-electron chi connectivity index (χ4n) is 6.00. The van der Waals surface area contributed by atoms with Crippen LogP contribution in [0.4, 0.5) is 27.8 Å². The van der Waals surface area contributed by atoms with E-state index >= 15 is 0 Å². The molecule has 7 rings (SSSR count). The van der Waals surface area contributed by atoms with Crippen LogP contribution in [0.5, 0.6) is 0 Å². The summed E-state index contributed by atoms with van der Waals surface area (Å²) in [5.74, 6) is -2.69. The van der Waals surface area contributed by atoms with Gasteiger partial charge in [-0.1, -0.05) is 35.9 Å². The molecule has 1 fully saturated rings. The third-order valence-electron chi connectivity index (χ3n) is 8.37. The molecule has 6 aromatic rings. The van der Waals surface area contributed by atoms with E-state index in [9.17, 15) is 35.2 Å². The summed E-state index contributed by atoms with van der Waals surface area (Å²) in [5, 5.41) is 3.41. The first kappa shape index (κ1) is 33.6. The van der Waals surface area contributed by atoms with Crippen molar-refractivity contribution in [2.45, 2.75) is 43.5 Å². The maximum absolute atomic E-state index is 14.7. The van der Waals surface area contributed by atoms with Gasteiger partial charge in [0.15, 0.2) is 5.82 Å². The number of alkyl halides is 2. The van der Waals surface area contributed by atoms with Gasteiger partial charge in [0.25, 0.3) is 12.0 Å². The van der Waals surface area contributed by atoms with Gasteiger partial charge in [-0.25, -0.2) is 35.4 Å². The Morgan fingerprint density at radius 2 is 1.70 bits per heavy atom. The number of nitrogens with two attached hydrogens (primary N) is 1. The van der Waals surface area contributed by atoms with Crippen LogP contribution in [-0.4, -0.2) is 39.4 Å². The van der Waals surface area contributed by atoms with E-state index in [1.54, 1.807) is 12.1 Å². The van der Waals surface area contributed by atoms with Gasteiger partial charge in [0.1, 0.15) is 29.8 Å². The number of aromatic nitrogens is 4. The van der Waals surface area contributed by atoms with Crippen LogP contribution >= 0.6 is 11.6 Å². The summed E-state index contributed by atoms with van der Waals surface area (Å²) < 4.78 is 101. The van der Waals surface area contributed by atoms with E-state index in [2.05, 4.69) is 9.82 Å². The fourth-order valence-corrected chi connectivity index (χ4v) is 7.57. The lowest BCUT2D eigenvalue weighted by atomic mass is 10.0. The van der Waals surface area contributed by atoms with Gasteiger partial charge in [-0.15, -0.1) is 0 Å². The molecule has 16 heteroatoms. The topological polar surface area (TPSA) is 125 Å². The third kappa shape index (κ3) is 6.32. The number of halogens is 6. The predicted octanol–water partition coefficient (Wildman–Crippen LogP) is 6.88. The molecule has 3 N–H and O–H groups in total. The average molecular weight is 729 g/mol. The first-order chi connectivity index (χ1) is 23.8. The van der Waals surface area contributed by atoms with Crippen LogP contribution in [0, 0.1) is 17.5 Å². The van der Waals surface area contributed by atoms with Crippen molar-refractivity contribution in [3.63, 3.8) is 0 Å². The van der Waals surface area contributed by atoms with Gasteiger partial charge < -0.3 is 5.73 Å². The van der Waals surface area contributed by atoms with Crippen molar-refractivity contribution in [2.24, 2.45) is 5.73 Å². The van der Waals surface area contributed by atoms with Crippen molar-refractivity contribution in [3.05, 3.63) is 117 Å². The summed E-state index contributed by atoms with van der Waals surface area (Å²) in [6.07, 6.45) is -2.35. The van der Waals surface area contributed by atoms with E-state index < -0.39 is 57.3 Å². The second kappa shape index (κ2) is 12.8. The number of anilines is 1. The molecule has 4 aromatic carbocycles. The molecule has 0 radical (unpaired) electrons. The quantitative estimate of drug-likeness (QED) is 0.148. The number of nitrogens with zero attached hydrogens (tertiary/aromatic N) is 4. The number of nitrogens with one attached hydrogen (secondary N) is 1. The summed E-state index contributed by atoms with van der Waals surface area (Å²) in [4.78, 5) is 19.2. The summed E-state index contributed by atoms with van der Waals surface area (Å²) in [5.41, 5.74) is 6.59. The number of hydrogen-bond donors (Lipinski definition) is 2. The van der Waals surface area contributed by atoms with Gasteiger partial charge in [-0.2, -0.15) is 5.10 Å².